The third kappa shape index (κ3) is 13.6. The van der Waals surface area contributed by atoms with Gasteiger partial charge in [-0.1, -0.05) is 71.3 Å². The minimum atomic E-state index is -1.13. The van der Waals surface area contributed by atoms with Gasteiger partial charge in [0.15, 0.2) is 5.92 Å². The standard InChI is InChI=1S/C25H44O5/c1-5-9-11-13-15-16-18-21(20-22(26)19-17-14-12-10-6-2)23(24(27)29-7-3)25(28)30-8-4/h18,23H,5-17,19-20H2,1-4H3/b21-18+. The van der Waals surface area contributed by atoms with E-state index >= 15 is 0 Å². The molecule has 0 aliphatic heterocycles. The van der Waals surface area contributed by atoms with Crippen LogP contribution >= 0.6 is 0 Å². The molecule has 0 aromatic heterocycles. The van der Waals surface area contributed by atoms with Crippen molar-refractivity contribution in [3.05, 3.63) is 11.6 Å². The Hall–Kier alpha value is -1.65. The van der Waals surface area contributed by atoms with E-state index < -0.39 is 17.9 Å². The van der Waals surface area contributed by atoms with Crippen molar-refractivity contribution in [1.29, 1.82) is 0 Å². The SMILES string of the molecule is CCCCCCC/C=C(\CC(=O)CCCCCCC)C(C(=O)OCC)C(=O)OCC. The zero-order chi connectivity index (χ0) is 22.6. The van der Waals surface area contributed by atoms with Gasteiger partial charge in [-0.2, -0.15) is 0 Å². The first-order valence-corrected chi connectivity index (χ1v) is 12.1. The minimum absolute atomic E-state index is 0.0716. The van der Waals surface area contributed by atoms with Gasteiger partial charge in [0.1, 0.15) is 5.78 Å². The average molecular weight is 425 g/mol. The number of esters is 2. The van der Waals surface area contributed by atoms with Crippen LogP contribution < -0.4 is 0 Å². The summed E-state index contributed by atoms with van der Waals surface area (Å²) < 4.78 is 10.3. The highest BCUT2D eigenvalue weighted by Gasteiger charge is 2.33. The smallest absolute Gasteiger partial charge is 0.324 e. The van der Waals surface area contributed by atoms with Gasteiger partial charge in [0.05, 0.1) is 13.2 Å². The van der Waals surface area contributed by atoms with E-state index in [0.29, 0.717) is 12.0 Å². The highest BCUT2D eigenvalue weighted by atomic mass is 16.6. The summed E-state index contributed by atoms with van der Waals surface area (Å²) in [6.07, 6.45) is 14.3. The molecule has 0 aliphatic carbocycles. The lowest BCUT2D eigenvalue weighted by Crippen LogP contribution is -2.30. The molecule has 5 heteroatoms. The Balaban J connectivity index is 5.17. The molecular formula is C25H44O5. The van der Waals surface area contributed by atoms with Gasteiger partial charge >= 0.3 is 11.9 Å². The fraction of sp³-hybridized carbons (Fsp3) is 0.800. The number of Topliss-reactive ketones (excluding diaryl/α,β-unsaturated/α-hetero) is 1. The normalized spacial score (nSPS) is 11.6. The van der Waals surface area contributed by atoms with Gasteiger partial charge in [0.2, 0.25) is 0 Å². The van der Waals surface area contributed by atoms with Crippen molar-refractivity contribution < 1.29 is 23.9 Å². The third-order valence-corrected chi connectivity index (χ3v) is 5.09. The maximum absolute atomic E-state index is 12.6. The van der Waals surface area contributed by atoms with Crippen LogP contribution in [0, 0.1) is 5.92 Å². The molecule has 30 heavy (non-hydrogen) atoms. The van der Waals surface area contributed by atoms with Crippen molar-refractivity contribution >= 4 is 17.7 Å². The lowest BCUT2D eigenvalue weighted by Gasteiger charge is -2.18. The highest BCUT2D eigenvalue weighted by molar-refractivity contribution is 5.99. The number of allylic oxidation sites excluding steroid dienone is 1. The molecule has 0 aliphatic rings. The number of carbonyl (C=O) groups excluding carboxylic acids is 3. The molecular weight excluding hydrogens is 380 g/mol. The van der Waals surface area contributed by atoms with Gasteiger partial charge < -0.3 is 9.47 Å². The van der Waals surface area contributed by atoms with Crippen molar-refractivity contribution in [2.75, 3.05) is 13.2 Å². The number of hydrogen-bond donors (Lipinski definition) is 0. The predicted molar refractivity (Wildman–Crippen MR) is 121 cm³/mol. The molecule has 0 saturated carbocycles. The molecule has 0 N–H and O–H groups in total. The molecule has 0 saturated heterocycles. The quantitative estimate of drug-likeness (QED) is 0.105. The van der Waals surface area contributed by atoms with Gasteiger partial charge in [-0.25, -0.2) is 0 Å². The highest BCUT2D eigenvalue weighted by Crippen LogP contribution is 2.23. The second kappa shape index (κ2) is 19.3. The summed E-state index contributed by atoms with van der Waals surface area (Å²) >= 11 is 0. The van der Waals surface area contributed by atoms with Crippen molar-refractivity contribution in [3.8, 4) is 0 Å². The van der Waals surface area contributed by atoms with Crippen LogP contribution in [-0.4, -0.2) is 30.9 Å². The topological polar surface area (TPSA) is 69.7 Å². The molecule has 0 rings (SSSR count). The first kappa shape index (κ1) is 28.4. The van der Waals surface area contributed by atoms with Crippen LogP contribution in [0.25, 0.3) is 0 Å². The number of ketones is 1. The zero-order valence-corrected chi connectivity index (χ0v) is 19.8. The van der Waals surface area contributed by atoms with Gasteiger partial charge in [0, 0.05) is 12.8 Å². The number of rotatable bonds is 19. The van der Waals surface area contributed by atoms with E-state index in [4.69, 9.17) is 9.47 Å². The van der Waals surface area contributed by atoms with Crippen LogP contribution in [0.3, 0.4) is 0 Å². The molecule has 174 valence electrons. The maximum atomic E-state index is 12.6. The fourth-order valence-electron chi connectivity index (χ4n) is 3.42. The Morgan fingerprint density at radius 1 is 0.700 bits per heavy atom. The number of carbonyl (C=O) groups is 3. The van der Waals surface area contributed by atoms with Crippen molar-refractivity contribution in [1.82, 2.24) is 0 Å². The molecule has 0 bridgehead atoms. The van der Waals surface area contributed by atoms with E-state index in [9.17, 15) is 14.4 Å². The zero-order valence-electron chi connectivity index (χ0n) is 19.8. The Morgan fingerprint density at radius 3 is 1.70 bits per heavy atom. The summed E-state index contributed by atoms with van der Waals surface area (Å²) in [5.74, 6) is -2.31. The van der Waals surface area contributed by atoms with Crippen LogP contribution in [0.2, 0.25) is 0 Å². The molecule has 0 spiro atoms. The van der Waals surface area contributed by atoms with Crippen molar-refractivity contribution in [3.63, 3.8) is 0 Å². The number of unbranched alkanes of at least 4 members (excludes halogenated alkanes) is 9. The molecule has 0 radical (unpaired) electrons. The van der Waals surface area contributed by atoms with Gasteiger partial charge in [-0.05, 0) is 38.7 Å². The summed E-state index contributed by atoms with van der Waals surface area (Å²) in [6, 6.07) is 0. The molecule has 0 aromatic rings. The lowest BCUT2D eigenvalue weighted by atomic mass is 9.91. The van der Waals surface area contributed by atoms with Crippen molar-refractivity contribution in [2.24, 2.45) is 5.92 Å². The Morgan fingerprint density at radius 2 is 1.20 bits per heavy atom. The summed E-state index contributed by atoms with van der Waals surface area (Å²) in [4.78, 5) is 37.6. The van der Waals surface area contributed by atoms with Crippen LogP contribution in [0.5, 0.6) is 0 Å². The summed E-state index contributed by atoms with van der Waals surface area (Å²) in [5.41, 5.74) is 0.543. The van der Waals surface area contributed by atoms with Gasteiger partial charge in [0.25, 0.3) is 0 Å². The van der Waals surface area contributed by atoms with E-state index in [-0.39, 0.29) is 25.4 Å². The first-order valence-electron chi connectivity index (χ1n) is 12.1. The largest absolute Gasteiger partial charge is 0.465 e. The molecule has 0 aromatic carbocycles. The minimum Gasteiger partial charge on any atom is -0.465 e. The third-order valence-electron chi connectivity index (χ3n) is 5.09. The fourth-order valence-corrected chi connectivity index (χ4v) is 3.42. The summed E-state index contributed by atoms with van der Waals surface area (Å²) in [7, 11) is 0. The van der Waals surface area contributed by atoms with Crippen LogP contribution in [-0.2, 0) is 23.9 Å². The molecule has 5 nitrogen and oxygen atoms in total. The van der Waals surface area contributed by atoms with Gasteiger partial charge in [-0.15, -0.1) is 0 Å². The summed E-state index contributed by atoms with van der Waals surface area (Å²) in [5, 5.41) is 0. The molecule has 0 amide bonds. The molecule has 0 unspecified atom stereocenters. The van der Waals surface area contributed by atoms with Crippen LogP contribution in [0.4, 0.5) is 0 Å². The Kier molecular flexibility index (Phi) is 18.3. The predicted octanol–water partition coefficient (Wildman–Crippen LogP) is 6.34. The second-order valence-electron chi connectivity index (χ2n) is 7.80. The van der Waals surface area contributed by atoms with E-state index in [0.717, 1.165) is 38.5 Å². The number of hydrogen-bond acceptors (Lipinski definition) is 5. The molecule has 0 heterocycles. The summed E-state index contributed by atoms with van der Waals surface area (Å²) in [6.45, 7) is 8.12. The first-order chi connectivity index (χ1) is 14.5. The van der Waals surface area contributed by atoms with Crippen LogP contribution in [0.15, 0.2) is 11.6 Å². The molecule has 0 fully saturated rings. The van der Waals surface area contributed by atoms with Crippen LogP contribution in [0.1, 0.15) is 111 Å². The number of ether oxygens (including phenoxy) is 2. The Bertz CT molecular complexity index is 492. The van der Waals surface area contributed by atoms with E-state index in [1.807, 2.05) is 6.08 Å². The van der Waals surface area contributed by atoms with E-state index in [1.54, 1.807) is 13.8 Å². The Labute approximate surface area is 184 Å². The van der Waals surface area contributed by atoms with Crippen molar-refractivity contribution in [2.45, 2.75) is 111 Å². The second-order valence-corrected chi connectivity index (χ2v) is 7.80. The van der Waals surface area contributed by atoms with E-state index in [1.165, 1.54) is 32.1 Å². The van der Waals surface area contributed by atoms with E-state index in [2.05, 4.69) is 13.8 Å². The van der Waals surface area contributed by atoms with Gasteiger partial charge in [-0.3, -0.25) is 14.4 Å². The average Bonchev–Trinajstić information content (AvgIpc) is 2.70. The monoisotopic (exact) mass is 424 g/mol. The molecule has 0 atom stereocenters. The lowest BCUT2D eigenvalue weighted by molar-refractivity contribution is -0.159. The maximum Gasteiger partial charge on any atom is 0.324 e.